The summed E-state index contributed by atoms with van der Waals surface area (Å²) in [6, 6.07) is 11.9. The summed E-state index contributed by atoms with van der Waals surface area (Å²) in [7, 11) is 0. The number of carbonyl (C=O) groups excluding carboxylic acids is 3. The first kappa shape index (κ1) is 18.9. The molecule has 140 valence electrons. The van der Waals surface area contributed by atoms with Crippen molar-refractivity contribution in [1.82, 2.24) is 0 Å². The molecule has 6 nitrogen and oxygen atoms in total. The molecule has 1 aliphatic heterocycles. The lowest BCUT2D eigenvalue weighted by Gasteiger charge is -2.13. The van der Waals surface area contributed by atoms with Crippen LogP contribution in [-0.2, 0) is 9.59 Å². The van der Waals surface area contributed by atoms with E-state index in [4.69, 9.17) is 4.74 Å². The maximum Gasteiger partial charge on any atom is 0.293 e. The monoisotopic (exact) mass is 388 g/mol. The van der Waals surface area contributed by atoms with Gasteiger partial charge in [-0.1, -0.05) is 0 Å². The lowest BCUT2D eigenvalue weighted by molar-refractivity contribution is -0.121. The third-order valence-corrected chi connectivity index (χ3v) is 4.86. The number of nitrogens with zero attached hydrogens (tertiary/aromatic N) is 1. The van der Waals surface area contributed by atoms with Gasteiger partial charge in [-0.05, 0) is 67.2 Å². The van der Waals surface area contributed by atoms with Gasteiger partial charge in [-0.3, -0.25) is 14.4 Å². The van der Waals surface area contributed by atoms with Crippen molar-refractivity contribution < 1.29 is 23.5 Å². The highest BCUT2D eigenvalue weighted by atomic mass is 32.2. The minimum Gasteiger partial charge on any atom is -0.494 e. The zero-order valence-corrected chi connectivity index (χ0v) is 15.3. The Kier molecular flexibility index (Phi) is 5.75. The molecule has 2 aromatic rings. The number of amides is 3. The topological polar surface area (TPSA) is 75.7 Å². The molecule has 2 aromatic carbocycles. The van der Waals surface area contributed by atoms with Gasteiger partial charge in [-0.15, -0.1) is 0 Å². The van der Waals surface area contributed by atoms with Crippen molar-refractivity contribution in [1.29, 1.82) is 0 Å². The largest absolute Gasteiger partial charge is 0.494 e. The maximum atomic E-state index is 13.0. The Bertz CT molecular complexity index is 855. The third kappa shape index (κ3) is 4.46. The van der Waals surface area contributed by atoms with Gasteiger partial charge in [0, 0.05) is 12.1 Å². The summed E-state index contributed by atoms with van der Waals surface area (Å²) in [5.41, 5.74) is 0.855. The third-order valence-electron chi connectivity index (χ3n) is 3.83. The standard InChI is InChI=1S/C19H17FN2O4S/c1-2-26-15-9-5-13(6-10-15)21-17(23)11-16-18(24)22(19(25)27-16)14-7-3-12(20)4-8-14/h3-10,16H,2,11H2,1H3,(H,21,23)/t16-/m0/s1. The summed E-state index contributed by atoms with van der Waals surface area (Å²) in [6.45, 7) is 2.42. The summed E-state index contributed by atoms with van der Waals surface area (Å²) in [5.74, 6) is -0.633. The van der Waals surface area contributed by atoms with Gasteiger partial charge in [-0.2, -0.15) is 0 Å². The smallest absolute Gasteiger partial charge is 0.293 e. The lowest BCUT2D eigenvalue weighted by Crippen LogP contribution is -2.32. The lowest BCUT2D eigenvalue weighted by atomic mass is 10.2. The van der Waals surface area contributed by atoms with Crippen LogP contribution in [-0.4, -0.2) is 28.9 Å². The molecule has 3 amide bonds. The van der Waals surface area contributed by atoms with Crippen molar-refractivity contribution in [3.8, 4) is 5.75 Å². The van der Waals surface area contributed by atoms with Gasteiger partial charge in [0.15, 0.2) is 0 Å². The van der Waals surface area contributed by atoms with E-state index < -0.39 is 22.2 Å². The van der Waals surface area contributed by atoms with Crippen LogP contribution in [0.25, 0.3) is 0 Å². The molecule has 1 aliphatic rings. The number of rotatable bonds is 6. The van der Waals surface area contributed by atoms with E-state index in [1.54, 1.807) is 24.3 Å². The second-order valence-electron chi connectivity index (χ2n) is 5.73. The minimum atomic E-state index is -0.815. The van der Waals surface area contributed by atoms with E-state index >= 15 is 0 Å². The summed E-state index contributed by atoms with van der Waals surface area (Å²) < 4.78 is 18.4. The van der Waals surface area contributed by atoms with E-state index in [1.807, 2.05) is 6.92 Å². The van der Waals surface area contributed by atoms with Crippen LogP contribution in [0, 0.1) is 5.82 Å². The first-order valence-corrected chi connectivity index (χ1v) is 9.18. The van der Waals surface area contributed by atoms with Gasteiger partial charge < -0.3 is 10.1 Å². The second-order valence-corrected chi connectivity index (χ2v) is 6.89. The Hall–Kier alpha value is -2.87. The predicted octanol–water partition coefficient (Wildman–Crippen LogP) is 3.82. The van der Waals surface area contributed by atoms with Crippen molar-refractivity contribution in [3.05, 3.63) is 54.3 Å². The highest BCUT2D eigenvalue weighted by Crippen LogP contribution is 2.33. The molecule has 1 saturated heterocycles. The number of hydrogen-bond acceptors (Lipinski definition) is 5. The highest BCUT2D eigenvalue weighted by Gasteiger charge is 2.41. The van der Waals surface area contributed by atoms with Crippen molar-refractivity contribution in [3.63, 3.8) is 0 Å². The molecule has 0 aliphatic carbocycles. The van der Waals surface area contributed by atoms with Gasteiger partial charge in [-0.25, -0.2) is 9.29 Å². The van der Waals surface area contributed by atoms with Gasteiger partial charge in [0.1, 0.15) is 16.8 Å². The number of ether oxygens (including phenoxy) is 1. The van der Waals surface area contributed by atoms with Crippen LogP contribution < -0.4 is 15.0 Å². The summed E-state index contributed by atoms with van der Waals surface area (Å²) in [5, 5.41) is 1.40. The molecule has 0 saturated carbocycles. The Balaban J connectivity index is 1.62. The number of anilines is 2. The van der Waals surface area contributed by atoms with Crippen LogP contribution in [0.15, 0.2) is 48.5 Å². The molecule has 8 heteroatoms. The van der Waals surface area contributed by atoms with Crippen LogP contribution in [0.3, 0.4) is 0 Å². The van der Waals surface area contributed by atoms with E-state index in [1.165, 1.54) is 24.3 Å². The molecular weight excluding hydrogens is 371 g/mol. The Morgan fingerprint density at radius 1 is 1.15 bits per heavy atom. The van der Waals surface area contributed by atoms with E-state index in [0.29, 0.717) is 18.0 Å². The minimum absolute atomic E-state index is 0.139. The molecule has 0 spiro atoms. The molecule has 3 rings (SSSR count). The summed E-state index contributed by atoms with van der Waals surface area (Å²) in [4.78, 5) is 37.9. The number of hydrogen-bond donors (Lipinski definition) is 1. The Morgan fingerprint density at radius 2 is 1.81 bits per heavy atom. The van der Waals surface area contributed by atoms with Crippen LogP contribution in [0.2, 0.25) is 0 Å². The number of benzene rings is 2. The van der Waals surface area contributed by atoms with Crippen molar-refractivity contribution >= 4 is 40.2 Å². The fraction of sp³-hybridized carbons (Fsp3) is 0.211. The zero-order chi connectivity index (χ0) is 19.4. The van der Waals surface area contributed by atoms with Crippen molar-refractivity contribution in [2.45, 2.75) is 18.6 Å². The molecule has 1 heterocycles. The molecule has 1 N–H and O–H groups in total. The molecule has 27 heavy (non-hydrogen) atoms. The predicted molar refractivity (Wildman–Crippen MR) is 102 cm³/mol. The zero-order valence-electron chi connectivity index (χ0n) is 14.5. The van der Waals surface area contributed by atoms with Crippen LogP contribution in [0.1, 0.15) is 13.3 Å². The SMILES string of the molecule is CCOc1ccc(NC(=O)C[C@@H]2SC(=O)N(c3ccc(F)cc3)C2=O)cc1. The van der Waals surface area contributed by atoms with E-state index in [0.717, 1.165) is 16.7 Å². The average Bonchev–Trinajstić information content (AvgIpc) is 2.91. The van der Waals surface area contributed by atoms with Gasteiger partial charge in [0.05, 0.1) is 12.3 Å². The number of halogens is 1. The Labute approximate surface area is 159 Å². The Morgan fingerprint density at radius 3 is 2.44 bits per heavy atom. The van der Waals surface area contributed by atoms with Gasteiger partial charge >= 0.3 is 0 Å². The fourth-order valence-corrected chi connectivity index (χ4v) is 3.58. The fourth-order valence-electron chi connectivity index (χ4n) is 2.59. The van der Waals surface area contributed by atoms with Crippen LogP contribution in [0.5, 0.6) is 5.75 Å². The number of carbonyl (C=O) groups is 3. The molecule has 1 atom stereocenters. The number of imide groups is 1. The molecule has 0 radical (unpaired) electrons. The van der Waals surface area contributed by atoms with Crippen molar-refractivity contribution in [2.75, 3.05) is 16.8 Å². The highest BCUT2D eigenvalue weighted by molar-refractivity contribution is 8.15. The van der Waals surface area contributed by atoms with E-state index in [2.05, 4.69) is 5.32 Å². The average molecular weight is 388 g/mol. The normalized spacial score (nSPS) is 16.5. The van der Waals surface area contributed by atoms with Crippen LogP contribution in [0.4, 0.5) is 20.6 Å². The maximum absolute atomic E-state index is 13.0. The summed E-state index contributed by atoms with van der Waals surface area (Å²) in [6.07, 6.45) is -0.139. The molecule has 0 aromatic heterocycles. The first-order chi connectivity index (χ1) is 13.0. The van der Waals surface area contributed by atoms with E-state index in [9.17, 15) is 18.8 Å². The van der Waals surface area contributed by atoms with Gasteiger partial charge in [0.2, 0.25) is 11.8 Å². The van der Waals surface area contributed by atoms with Gasteiger partial charge in [0.25, 0.3) is 5.24 Å². The van der Waals surface area contributed by atoms with Crippen LogP contribution >= 0.6 is 11.8 Å². The molecule has 1 fully saturated rings. The molecular formula is C19H17FN2O4S. The number of thioether (sulfide) groups is 1. The quantitative estimate of drug-likeness (QED) is 0.814. The first-order valence-electron chi connectivity index (χ1n) is 8.31. The van der Waals surface area contributed by atoms with E-state index in [-0.39, 0.29) is 18.0 Å². The number of nitrogens with one attached hydrogen (secondary N) is 1. The second kappa shape index (κ2) is 8.22. The molecule has 0 bridgehead atoms. The summed E-state index contributed by atoms with van der Waals surface area (Å²) >= 11 is 0.792. The molecule has 0 unspecified atom stereocenters. The van der Waals surface area contributed by atoms with Crippen molar-refractivity contribution in [2.24, 2.45) is 0 Å².